The van der Waals surface area contributed by atoms with Gasteiger partial charge in [0.1, 0.15) is 12.4 Å². The number of rotatable bonds is 7. The largest absolute Gasteiger partial charge is 0.492 e. The molecule has 0 saturated heterocycles. The van der Waals surface area contributed by atoms with Gasteiger partial charge >= 0.3 is 6.03 Å². The molecular formula is C13H19ClN2O3. The highest BCUT2D eigenvalue weighted by Crippen LogP contribution is 2.16. The molecule has 19 heavy (non-hydrogen) atoms. The van der Waals surface area contributed by atoms with Crippen molar-refractivity contribution in [3.63, 3.8) is 0 Å². The normalized spacial score (nSPS) is 10.1. The number of amides is 2. The maximum absolute atomic E-state index is 11.7. The molecule has 1 aromatic rings. The van der Waals surface area contributed by atoms with Crippen molar-refractivity contribution in [3.05, 3.63) is 29.3 Å². The van der Waals surface area contributed by atoms with Crippen LogP contribution in [0.3, 0.4) is 0 Å². The van der Waals surface area contributed by atoms with E-state index >= 15 is 0 Å². The van der Waals surface area contributed by atoms with Crippen LogP contribution in [0.4, 0.5) is 4.79 Å². The Morgan fingerprint density at radius 2 is 2.32 bits per heavy atom. The predicted molar refractivity (Wildman–Crippen MR) is 74.7 cm³/mol. The van der Waals surface area contributed by atoms with E-state index in [1.165, 1.54) is 4.90 Å². The Morgan fingerprint density at radius 3 is 2.95 bits per heavy atom. The minimum Gasteiger partial charge on any atom is -0.492 e. The lowest BCUT2D eigenvalue weighted by molar-refractivity contribution is 0.178. The molecule has 0 heterocycles. The summed E-state index contributed by atoms with van der Waals surface area (Å²) in [7, 11) is 0. The fraction of sp³-hybridized carbons (Fsp3) is 0.462. The van der Waals surface area contributed by atoms with Gasteiger partial charge in [-0.25, -0.2) is 4.79 Å². The van der Waals surface area contributed by atoms with E-state index in [2.05, 4.69) is 5.32 Å². The van der Waals surface area contributed by atoms with Crippen molar-refractivity contribution in [1.29, 1.82) is 0 Å². The summed E-state index contributed by atoms with van der Waals surface area (Å²) in [6.07, 6.45) is 0. The van der Waals surface area contributed by atoms with Crippen LogP contribution in [0.2, 0.25) is 5.02 Å². The molecule has 0 atom stereocenters. The maximum Gasteiger partial charge on any atom is 0.317 e. The third kappa shape index (κ3) is 5.81. The van der Waals surface area contributed by atoms with E-state index in [1.54, 1.807) is 24.3 Å². The molecule has 6 heteroatoms. The van der Waals surface area contributed by atoms with Gasteiger partial charge in [0.15, 0.2) is 0 Å². The van der Waals surface area contributed by atoms with Crippen LogP contribution in [0.15, 0.2) is 24.3 Å². The zero-order valence-corrected chi connectivity index (χ0v) is 11.7. The Hall–Kier alpha value is -1.46. The van der Waals surface area contributed by atoms with Crippen LogP contribution in [0.5, 0.6) is 5.75 Å². The zero-order chi connectivity index (χ0) is 14.1. The van der Waals surface area contributed by atoms with Gasteiger partial charge in [0.25, 0.3) is 0 Å². The van der Waals surface area contributed by atoms with Crippen molar-refractivity contribution in [1.82, 2.24) is 10.2 Å². The molecular weight excluding hydrogens is 268 g/mol. The lowest BCUT2D eigenvalue weighted by Gasteiger charge is -2.20. The molecule has 1 rings (SSSR count). The van der Waals surface area contributed by atoms with E-state index in [1.807, 2.05) is 6.92 Å². The van der Waals surface area contributed by atoms with Crippen molar-refractivity contribution in [2.45, 2.75) is 6.92 Å². The molecule has 1 aromatic carbocycles. The molecule has 0 aromatic heterocycles. The van der Waals surface area contributed by atoms with Crippen LogP contribution in [0.25, 0.3) is 0 Å². The number of urea groups is 1. The molecule has 0 aliphatic heterocycles. The van der Waals surface area contributed by atoms with Gasteiger partial charge in [0.05, 0.1) is 13.2 Å². The monoisotopic (exact) mass is 286 g/mol. The van der Waals surface area contributed by atoms with Crippen LogP contribution in [0, 0.1) is 0 Å². The number of aliphatic hydroxyl groups excluding tert-OH is 1. The van der Waals surface area contributed by atoms with Crippen molar-refractivity contribution in [2.75, 3.05) is 32.8 Å². The number of halogens is 1. The number of carbonyl (C=O) groups excluding carboxylic acids is 1. The second-order valence-corrected chi connectivity index (χ2v) is 4.28. The summed E-state index contributed by atoms with van der Waals surface area (Å²) in [6, 6.07) is 6.89. The first-order valence-corrected chi connectivity index (χ1v) is 6.57. The van der Waals surface area contributed by atoms with Gasteiger partial charge < -0.3 is 20.1 Å². The van der Waals surface area contributed by atoms with Gasteiger partial charge in [-0.1, -0.05) is 17.7 Å². The minimum atomic E-state index is -0.203. The van der Waals surface area contributed by atoms with Crippen LogP contribution in [-0.4, -0.2) is 48.9 Å². The maximum atomic E-state index is 11.7. The molecule has 0 aliphatic carbocycles. The van der Waals surface area contributed by atoms with E-state index in [9.17, 15) is 4.79 Å². The number of carbonyl (C=O) groups is 1. The third-order valence-corrected chi connectivity index (χ3v) is 2.72. The first-order valence-electron chi connectivity index (χ1n) is 6.19. The van der Waals surface area contributed by atoms with Gasteiger partial charge in [-0.15, -0.1) is 0 Å². The molecule has 0 unspecified atom stereocenters. The highest BCUT2D eigenvalue weighted by molar-refractivity contribution is 6.30. The van der Waals surface area contributed by atoms with E-state index in [4.69, 9.17) is 21.4 Å². The molecule has 0 saturated carbocycles. The van der Waals surface area contributed by atoms with Gasteiger partial charge in [0, 0.05) is 18.1 Å². The first-order chi connectivity index (χ1) is 9.17. The fourth-order valence-corrected chi connectivity index (χ4v) is 1.70. The summed E-state index contributed by atoms with van der Waals surface area (Å²) < 4.78 is 5.44. The quantitative estimate of drug-likeness (QED) is 0.751. The zero-order valence-electron chi connectivity index (χ0n) is 10.9. The number of nitrogens with one attached hydrogen (secondary N) is 1. The topological polar surface area (TPSA) is 61.8 Å². The fourth-order valence-electron chi connectivity index (χ4n) is 1.52. The number of hydrogen-bond donors (Lipinski definition) is 2. The van der Waals surface area contributed by atoms with Crippen molar-refractivity contribution in [2.24, 2.45) is 0 Å². The average Bonchev–Trinajstić information content (AvgIpc) is 2.40. The second kappa shape index (κ2) is 8.61. The van der Waals surface area contributed by atoms with E-state index in [-0.39, 0.29) is 12.6 Å². The molecule has 2 N–H and O–H groups in total. The lowest BCUT2D eigenvalue weighted by Crippen LogP contribution is -2.42. The van der Waals surface area contributed by atoms with Crippen molar-refractivity contribution in [3.8, 4) is 5.75 Å². The number of benzene rings is 1. The molecule has 0 spiro atoms. The number of likely N-dealkylation sites (N-methyl/N-ethyl adjacent to an activating group) is 1. The lowest BCUT2D eigenvalue weighted by atomic mass is 10.3. The number of aliphatic hydroxyl groups is 1. The summed E-state index contributed by atoms with van der Waals surface area (Å²) in [6.45, 7) is 3.47. The second-order valence-electron chi connectivity index (χ2n) is 3.84. The Labute approximate surface area is 118 Å². The summed E-state index contributed by atoms with van der Waals surface area (Å²) >= 11 is 5.82. The van der Waals surface area contributed by atoms with Crippen molar-refractivity contribution >= 4 is 17.6 Å². The Bertz CT molecular complexity index is 401. The van der Waals surface area contributed by atoms with Gasteiger partial charge in [-0.2, -0.15) is 0 Å². The predicted octanol–water partition coefficient (Wildman–Crippen LogP) is 1.74. The summed E-state index contributed by atoms with van der Waals surface area (Å²) in [5, 5.41) is 12.1. The molecule has 0 fully saturated rings. The van der Waals surface area contributed by atoms with E-state index in [0.717, 1.165) is 0 Å². The standard InChI is InChI=1S/C13H19ClN2O3/c1-2-16(7-8-17)13(18)15-6-9-19-12-5-3-4-11(14)10-12/h3-5,10,17H,2,6-9H2,1H3,(H,15,18). The Morgan fingerprint density at radius 1 is 1.53 bits per heavy atom. The van der Waals surface area contributed by atoms with Gasteiger partial charge in [0.2, 0.25) is 0 Å². The highest BCUT2D eigenvalue weighted by Gasteiger charge is 2.09. The molecule has 5 nitrogen and oxygen atoms in total. The smallest absolute Gasteiger partial charge is 0.317 e. The molecule has 2 amide bonds. The van der Waals surface area contributed by atoms with Crippen LogP contribution in [-0.2, 0) is 0 Å². The molecule has 0 aliphatic rings. The summed E-state index contributed by atoms with van der Waals surface area (Å²) in [4.78, 5) is 13.2. The van der Waals surface area contributed by atoms with Gasteiger partial charge in [-0.05, 0) is 25.1 Å². The third-order valence-electron chi connectivity index (χ3n) is 2.48. The first kappa shape index (κ1) is 15.6. The SMILES string of the molecule is CCN(CCO)C(=O)NCCOc1cccc(Cl)c1. The number of nitrogens with zero attached hydrogens (tertiary/aromatic N) is 1. The average molecular weight is 287 g/mol. The van der Waals surface area contributed by atoms with E-state index in [0.29, 0.717) is 37.0 Å². The summed E-state index contributed by atoms with van der Waals surface area (Å²) in [5.74, 6) is 0.671. The number of ether oxygens (including phenoxy) is 1. The molecule has 106 valence electrons. The highest BCUT2D eigenvalue weighted by atomic mass is 35.5. The van der Waals surface area contributed by atoms with E-state index < -0.39 is 0 Å². The Balaban J connectivity index is 2.25. The molecule has 0 bridgehead atoms. The number of hydrogen-bond acceptors (Lipinski definition) is 3. The summed E-state index contributed by atoms with van der Waals surface area (Å²) in [5.41, 5.74) is 0. The van der Waals surface area contributed by atoms with Crippen LogP contribution < -0.4 is 10.1 Å². The van der Waals surface area contributed by atoms with Crippen molar-refractivity contribution < 1.29 is 14.6 Å². The van der Waals surface area contributed by atoms with Crippen LogP contribution in [0.1, 0.15) is 6.92 Å². The van der Waals surface area contributed by atoms with Crippen LogP contribution >= 0.6 is 11.6 Å². The van der Waals surface area contributed by atoms with Gasteiger partial charge in [-0.3, -0.25) is 0 Å². The Kier molecular flexibility index (Phi) is 7.07. The minimum absolute atomic E-state index is 0.0414. The molecule has 0 radical (unpaired) electrons.